The van der Waals surface area contributed by atoms with E-state index in [1.54, 1.807) is 0 Å². The highest BCUT2D eigenvalue weighted by Gasteiger charge is 2.70. The Morgan fingerprint density at radius 2 is 0.857 bits per heavy atom. The maximum Gasteiger partial charge on any atom is 0.463 e. The van der Waals surface area contributed by atoms with Crippen LogP contribution in [0.3, 0.4) is 0 Å². The summed E-state index contributed by atoms with van der Waals surface area (Å²) < 4.78 is 198. The fourth-order valence-electron chi connectivity index (χ4n) is 2.59. The number of carbonyl (C=O) groups is 3. The van der Waals surface area contributed by atoms with Gasteiger partial charge in [-0.25, -0.2) is 4.90 Å². The average molecular weight is 638 g/mol. The molecule has 2 rings (SSSR count). The quantitative estimate of drug-likeness (QED) is 0.336. The summed E-state index contributed by atoms with van der Waals surface area (Å²) in [6.45, 7) is 0. The molecule has 0 saturated carbocycles. The number of hydrogen-bond donors (Lipinski definition) is 1. The molecule has 21 heteroatoms. The van der Waals surface area contributed by atoms with Crippen LogP contribution in [0.25, 0.3) is 0 Å². The van der Waals surface area contributed by atoms with E-state index in [4.69, 9.17) is 4.74 Å². The van der Waals surface area contributed by atoms with Gasteiger partial charge in [-0.2, -0.15) is 65.9 Å². The van der Waals surface area contributed by atoms with E-state index in [0.29, 0.717) is 12.1 Å². The van der Waals surface area contributed by atoms with Crippen molar-refractivity contribution in [2.24, 2.45) is 0 Å². The van der Waals surface area contributed by atoms with Gasteiger partial charge in [0.05, 0.1) is 5.69 Å². The number of anilines is 2. The highest BCUT2D eigenvalue weighted by atomic mass is 19.4. The topological polar surface area (TPSA) is 75.7 Å². The highest BCUT2D eigenvalue weighted by molar-refractivity contribution is 6.19. The van der Waals surface area contributed by atoms with Crippen molar-refractivity contribution in [1.82, 2.24) is 0 Å². The van der Waals surface area contributed by atoms with Gasteiger partial charge in [0, 0.05) is 5.69 Å². The number of rotatable bonds is 7. The van der Waals surface area contributed by atoms with Gasteiger partial charge in [-0.1, -0.05) is 0 Å². The molecule has 1 N–H and O–H groups in total. The van der Waals surface area contributed by atoms with Crippen molar-refractivity contribution in [3.05, 3.63) is 48.5 Å². The molecule has 0 bridgehead atoms. The number of carbonyl (C=O) groups excluding carboxylic acids is 3. The van der Waals surface area contributed by atoms with Crippen molar-refractivity contribution in [1.29, 1.82) is 0 Å². The molecule has 42 heavy (non-hydrogen) atoms. The third-order valence-electron chi connectivity index (χ3n) is 4.74. The molecule has 2 aromatic carbocycles. The summed E-state index contributed by atoms with van der Waals surface area (Å²) in [5.41, 5.74) is -2.23. The van der Waals surface area contributed by atoms with Crippen LogP contribution in [0.1, 0.15) is 0 Å². The summed E-state index contributed by atoms with van der Waals surface area (Å²) in [6, 6.07) is 4.40. The first-order valence-electron chi connectivity index (χ1n) is 10.2. The van der Waals surface area contributed by atoms with Crippen molar-refractivity contribution in [3.63, 3.8) is 0 Å². The van der Waals surface area contributed by atoms with Crippen LogP contribution < -0.4 is 15.0 Å². The fourth-order valence-corrected chi connectivity index (χ4v) is 2.59. The molecule has 0 aromatic heterocycles. The molecule has 2 aromatic rings. The summed E-state index contributed by atoms with van der Waals surface area (Å²) >= 11 is 0. The van der Waals surface area contributed by atoms with Gasteiger partial charge in [-0.3, -0.25) is 14.4 Å². The van der Waals surface area contributed by atoms with E-state index >= 15 is 0 Å². The largest absolute Gasteiger partial charge is 0.463 e. The average Bonchev–Trinajstić information content (AvgIpc) is 2.84. The lowest BCUT2D eigenvalue weighted by molar-refractivity contribution is -0.273. The molecule has 0 heterocycles. The first kappa shape index (κ1) is 34.0. The Hall–Kier alpha value is -4.20. The van der Waals surface area contributed by atoms with Crippen LogP contribution in [-0.2, 0) is 14.4 Å². The second-order valence-electron chi connectivity index (χ2n) is 7.74. The molecular formula is C21H9F15N2O4. The number of hydrogen-bond acceptors (Lipinski definition) is 4. The third kappa shape index (κ3) is 6.64. The lowest BCUT2D eigenvalue weighted by atomic mass is 10.1. The number of halogens is 15. The van der Waals surface area contributed by atoms with Crippen LogP contribution >= 0.6 is 0 Å². The van der Waals surface area contributed by atoms with E-state index < -0.39 is 76.0 Å². The Kier molecular flexibility index (Phi) is 8.82. The predicted molar refractivity (Wildman–Crippen MR) is 107 cm³/mol. The number of alkyl halides is 15. The number of nitrogens with one attached hydrogen (secondary N) is 1. The number of nitrogens with zero attached hydrogens (tertiary/aromatic N) is 1. The molecule has 0 unspecified atom stereocenters. The van der Waals surface area contributed by atoms with Crippen molar-refractivity contribution >= 4 is 29.1 Å². The minimum atomic E-state index is -6.83. The monoisotopic (exact) mass is 638 g/mol. The zero-order valence-electron chi connectivity index (χ0n) is 19.4. The SMILES string of the molecule is O=C(Nc1ccc(Oc2ccc(N(C(=O)C(F)(F)C(F)(F)F)C(=O)C(F)(F)C(F)(F)F)cc2)cc1)C(F)(F)C(F)(F)F. The van der Waals surface area contributed by atoms with E-state index in [0.717, 1.165) is 24.3 Å². The number of ether oxygens (including phenoxy) is 1. The summed E-state index contributed by atoms with van der Waals surface area (Å²) in [5, 5.41) is 1.25. The van der Waals surface area contributed by atoms with Crippen LogP contribution in [0.5, 0.6) is 11.5 Å². The minimum absolute atomic E-state index is 0.165. The fraction of sp³-hybridized carbons (Fsp3) is 0.286. The Morgan fingerprint density at radius 3 is 1.19 bits per heavy atom. The van der Waals surface area contributed by atoms with Gasteiger partial charge >= 0.3 is 54.0 Å². The van der Waals surface area contributed by atoms with Crippen LogP contribution in [0.4, 0.5) is 77.2 Å². The third-order valence-corrected chi connectivity index (χ3v) is 4.74. The van der Waals surface area contributed by atoms with E-state index in [9.17, 15) is 80.2 Å². The zero-order chi connectivity index (χ0) is 32.7. The smallest absolute Gasteiger partial charge is 0.457 e. The minimum Gasteiger partial charge on any atom is -0.457 e. The van der Waals surface area contributed by atoms with E-state index in [1.165, 1.54) is 5.32 Å². The molecule has 3 amide bonds. The van der Waals surface area contributed by atoms with Gasteiger partial charge in [0.25, 0.3) is 0 Å². The molecule has 0 aliphatic carbocycles. The normalized spacial score (nSPS) is 13.4. The molecule has 6 nitrogen and oxygen atoms in total. The van der Waals surface area contributed by atoms with Crippen LogP contribution in [0.15, 0.2) is 48.5 Å². The standard InChI is InChI=1S/C21H9F15N2O4/c22-16(23,19(28,29)30)13(39)37-9-1-5-11(6-2-9)42-12-7-3-10(4-8-12)38(14(40)17(24,25)20(31,32)33)15(41)18(26,27)21(34,35)36/h1-8H,(H,37,39). The first-order chi connectivity index (χ1) is 18.7. The highest BCUT2D eigenvalue weighted by Crippen LogP contribution is 2.42. The number of benzene rings is 2. The molecule has 0 aliphatic heterocycles. The molecular weight excluding hydrogens is 629 g/mol. The Balaban J connectivity index is 2.35. The summed E-state index contributed by atoms with van der Waals surface area (Å²) in [4.78, 5) is 33.1. The zero-order valence-corrected chi connectivity index (χ0v) is 19.4. The van der Waals surface area contributed by atoms with Crippen LogP contribution in [0, 0.1) is 0 Å². The Morgan fingerprint density at radius 1 is 0.524 bits per heavy atom. The van der Waals surface area contributed by atoms with E-state index in [-0.39, 0.29) is 17.9 Å². The molecule has 0 saturated heterocycles. The molecule has 0 spiro atoms. The van der Waals surface area contributed by atoms with Gasteiger partial charge in [-0.15, -0.1) is 0 Å². The summed E-state index contributed by atoms with van der Waals surface area (Å²) in [7, 11) is 0. The van der Waals surface area contributed by atoms with Crippen molar-refractivity contribution in [2.75, 3.05) is 10.2 Å². The van der Waals surface area contributed by atoms with E-state index in [2.05, 4.69) is 0 Å². The van der Waals surface area contributed by atoms with Gasteiger partial charge in [0.1, 0.15) is 11.5 Å². The van der Waals surface area contributed by atoms with E-state index in [1.807, 2.05) is 0 Å². The molecule has 0 aliphatic rings. The molecule has 0 atom stereocenters. The summed E-state index contributed by atoms with van der Waals surface area (Å²) in [5.74, 6) is -30.2. The lowest BCUT2D eigenvalue weighted by Crippen LogP contribution is -2.60. The summed E-state index contributed by atoms with van der Waals surface area (Å²) in [6.07, 6.45) is -19.9. The molecule has 0 fully saturated rings. The first-order valence-corrected chi connectivity index (χ1v) is 10.2. The van der Waals surface area contributed by atoms with Gasteiger partial charge in [0.15, 0.2) is 0 Å². The van der Waals surface area contributed by atoms with Crippen molar-refractivity contribution in [2.45, 2.75) is 36.3 Å². The van der Waals surface area contributed by atoms with Crippen LogP contribution in [-0.4, -0.2) is 54.0 Å². The maximum atomic E-state index is 13.6. The van der Waals surface area contributed by atoms with Gasteiger partial charge < -0.3 is 10.1 Å². The number of imide groups is 1. The number of amides is 3. The maximum absolute atomic E-state index is 13.6. The Labute approximate surface area is 221 Å². The lowest BCUT2D eigenvalue weighted by Gasteiger charge is -2.30. The molecule has 0 radical (unpaired) electrons. The van der Waals surface area contributed by atoms with Gasteiger partial charge in [-0.05, 0) is 48.5 Å². The Bertz CT molecular complexity index is 1280. The second kappa shape index (κ2) is 10.9. The van der Waals surface area contributed by atoms with Crippen molar-refractivity contribution < 1.29 is 85.0 Å². The predicted octanol–water partition coefficient (Wildman–Crippen LogP) is 6.87. The molecule has 232 valence electrons. The second-order valence-corrected chi connectivity index (χ2v) is 7.74. The van der Waals surface area contributed by atoms with Crippen LogP contribution in [0.2, 0.25) is 0 Å². The van der Waals surface area contributed by atoms with Crippen molar-refractivity contribution in [3.8, 4) is 11.5 Å². The van der Waals surface area contributed by atoms with Gasteiger partial charge in [0.2, 0.25) is 0 Å².